The second-order valence-electron chi connectivity index (χ2n) is 6.72. The van der Waals surface area contributed by atoms with Crippen LogP contribution in [0.2, 0.25) is 0 Å². The number of carbonyl (C=O) groups is 1. The fourth-order valence-corrected chi connectivity index (χ4v) is 3.38. The first-order chi connectivity index (χ1) is 11.6. The summed E-state index contributed by atoms with van der Waals surface area (Å²) in [4.78, 5) is 16.6. The molecular formula is C20H25N3O. The Balaban J connectivity index is 1.62. The molecular weight excluding hydrogens is 298 g/mol. The van der Waals surface area contributed by atoms with Gasteiger partial charge in [-0.15, -0.1) is 0 Å². The van der Waals surface area contributed by atoms with Gasteiger partial charge in [-0.3, -0.25) is 9.78 Å². The summed E-state index contributed by atoms with van der Waals surface area (Å²) in [6.45, 7) is 2.03. The summed E-state index contributed by atoms with van der Waals surface area (Å²) >= 11 is 0. The minimum atomic E-state index is -0.00130. The van der Waals surface area contributed by atoms with E-state index in [1.54, 1.807) is 6.20 Å². The average molecular weight is 323 g/mol. The van der Waals surface area contributed by atoms with Crippen LogP contribution in [0.1, 0.15) is 44.2 Å². The number of nitrogens with two attached hydrogens (primary N) is 1. The van der Waals surface area contributed by atoms with Crippen molar-refractivity contribution in [1.82, 2.24) is 10.3 Å². The first kappa shape index (κ1) is 16.7. The SMILES string of the molecule is CC(NC(=O)C1CCCC(N)C1)c1ccc(-c2cccnc2)cc1. The Hall–Kier alpha value is -2.20. The lowest BCUT2D eigenvalue weighted by Crippen LogP contribution is -2.38. The maximum atomic E-state index is 12.4. The van der Waals surface area contributed by atoms with E-state index in [0.717, 1.165) is 42.4 Å². The zero-order valence-electron chi connectivity index (χ0n) is 14.1. The van der Waals surface area contributed by atoms with Crippen molar-refractivity contribution in [2.75, 3.05) is 0 Å². The van der Waals surface area contributed by atoms with Gasteiger partial charge >= 0.3 is 0 Å². The molecule has 24 heavy (non-hydrogen) atoms. The molecule has 1 aromatic carbocycles. The molecule has 1 amide bonds. The van der Waals surface area contributed by atoms with Crippen LogP contribution in [-0.4, -0.2) is 16.9 Å². The summed E-state index contributed by atoms with van der Waals surface area (Å²) in [5.41, 5.74) is 9.32. The van der Waals surface area contributed by atoms with Crippen molar-refractivity contribution in [1.29, 1.82) is 0 Å². The number of benzene rings is 1. The van der Waals surface area contributed by atoms with Crippen LogP contribution in [0.4, 0.5) is 0 Å². The Morgan fingerprint density at radius 2 is 2.00 bits per heavy atom. The highest BCUT2D eigenvalue weighted by molar-refractivity contribution is 5.79. The predicted octanol–water partition coefficient (Wildman–Crippen LogP) is 3.44. The van der Waals surface area contributed by atoms with Crippen LogP contribution in [0.15, 0.2) is 48.8 Å². The molecule has 3 N–H and O–H groups in total. The van der Waals surface area contributed by atoms with Gasteiger partial charge in [0.2, 0.25) is 5.91 Å². The quantitative estimate of drug-likeness (QED) is 0.905. The van der Waals surface area contributed by atoms with E-state index in [2.05, 4.69) is 34.6 Å². The van der Waals surface area contributed by atoms with Gasteiger partial charge in [0.1, 0.15) is 0 Å². The Bertz CT molecular complexity index is 669. The second kappa shape index (κ2) is 7.58. The van der Waals surface area contributed by atoms with Gasteiger partial charge in [0.15, 0.2) is 0 Å². The third-order valence-corrected chi connectivity index (χ3v) is 4.85. The second-order valence-corrected chi connectivity index (χ2v) is 6.72. The van der Waals surface area contributed by atoms with E-state index < -0.39 is 0 Å². The Kier molecular flexibility index (Phi) is 5.26. The summed E-state index contributed by atoms with van der Waals surface area (Å²) in [6, 6.07) is 12.4. The number of amides is 1. The molecule has 0 bridgehead atoms. The molecule has 126 valence electrons. The van der Waals surface area contributed by atoms with Gasteiger partial charge in [0.05, 0.1) is 6.04 Å². The highest BCUT2D eigenvalue weighted by Crippen LogP contribution is 2.25. The molecule has 4 heteroatoms. The van der Waals surface area contributed by atoms with Gasteiger partial charge in [0.25, 0.3) is 0 Å². The zero-order valence-corrected chi connectivity index (χ0v) is 14.1. The molecule has 4 nitrogen and oxygen atoms in total. The molecule has 1 saturated carbocycles. The van der Waals surface area contributed by atoms with Crippen LogP contribution in [0.5, 0.6) is 0 Å². The molecule has 3 unspecified atom stereocenters. The minimum absolute atomic E-state index is 0.00130. The predicted molar refractivity (Wildman–Crippen MR) is 96.2 cm³/mol. The van der Waals surface area contributed by atoms with Crippen molar-refractivity contribution in [3.63, 3.8) is 0 Å². The maximum absolute atomic E-state index is 12.4. The van der Waals surface area contributed by atoms with Crippen LogP contribution in [0.3, 0.4) is 0 Å². The fourth-order valence-electron chi connectivity index (χ4n) is 3.38. The van der Waals surface area contributed by atoms with E-state index >= 15 is 0 Å². The minimum Gasteiger partial charge on any atom is -0.349 e. The molecule has 3 rings (SSSR count). The number of aromatic nitrogens is 1. The smallest absolute Gasteiger partial charge is 0.223 e. The van der Waals surface area contributed by atoms with E-state index in [1.807, 2.05) is 25.3 Å². The highest BCUT2D eigenvalue weighted by atomic mass is 16.1. The summed E-state index contributed by atoms with van der Waals surface area (Å²) in [6.07, 6.45) is 7.46. The lowest BCUT2D eigenvalue weighted by molar-refractivity contribution is -0.126. The Morgan fingerprint density at radius 1 is 1.21 bits per heavy atom. The third kappa shape index (κ3) is 4.01. The largest absolute Gasteiger partial charge is 0.349 e. The molecule has 3 atom stereocenters. The van der Waals surface area contributed by atoms with E-state index in [9.17, 15) is 4.79 Å². The van der Waals surface area contributed by atoms with Crippen LogP contribution < -0.4 is 11.1 Å². The van der Waals surface area contributed by atoms with Crippen LogP contribution in [0.25, 0.3) is 11.1 Å². The van der Waals surface area contributed by atoms with Gasteiger partial charge in [-0.1, -0.05) is 36.8 Å². The van der Waals surface area contributed by atoms with Gasteiger partial charge in [-0.05, 0) is 48.9 Å². The van der Waals surface area contributed by atoms with Gasteiger partial charge < -0.3 is 11.1 Å². The van der Waals surface area contributed by atoms with E-state index in [-0.39, 0.29) is 23.9 Å². The first-order valence-electron chi connectivity index (χ1n) is 8.70. The van der Waals surface area contributed by atoms with E-state index in [0.29, 0.717) is 0 Å². The van der Waals surface area contributed by atoms with Crippen molar-refractivity contribution < 1.29 is 4.79 Å². The van der Waals surface area contributed by atoms with Crippen LogP contribution >= 0.6 is 0 Å². The molecule has 1 aromatic heterocycles. The van der Waals surface area contributed by atoms with E-state index in [4.69, 9.17) is 5.73 Å². The number of carbonyl (C=O) groups excluding carboxylic acids is 1. The fraction of sp³-hybridized carbons (Fsp3) is 0.400. The molecule has 1 heterocycles. The molecule has 1 fully saturated rings. The normalized spacial score (nSPS) is 21.9. The number of hydrogen-bond acceptors (Lipinski definition) is 3. The maximum Gasteiger partial charge on any atom is 0.223 e. The third-order valence-electron chi connectivity index (χ3n) is 4.85. The van der Waals surface area contributed by atoms with Crippen LogP contribution in [-0.2, 0) is 4.79 Å². The molecule has 1 aliphatic rings. The molecule has 0 spiro atoms. The van der Waals surface area contributed by atoms with Crippen molar-refractivity contribution in [3.8, 4) is 11.1 Å². The molecule has 2 aromatic rings. The summed E-state index contributed by atoms with van der Waals surface area (Å²) in [5, 5.41) is 3.14. The number of hydrogen-bond donors (Lipinski definition) is 2. The molecule has 0 aliphatic heterocycles. The number of rotatable bonds is 4. The lowest BCUT2D eigenvalue weighted by atomic mass is 9.85. The number of nitrogens with zero attached hydrogens (tertiary/aromatic N) is 1. The molecule has 0 radical (unpaired) electrons. The summed E-state index contributed by atoms with van der Waals surface area (Å²) in [7, 11) is 0. The number of nitrogens with one attached hydrogen (secondary N) is 1. The van der Waals surface area contributed by atoms with Gasteiger partial charge in [-0.2, -0.15) is 0 Å². The van der Waals surface area contributed by atoms with Crippen molar-refractivity contribution in [3.05, 3.63) is 54.4 Å². The Labute approximate surface area is 143 Å². The standard InChI is InChI=1S/C20H25N3O/c1-14(23-20(24)17-4-2-6-19(21)12-17)15-7-9-16(10-8-15)18-5-3-11-22-13-18/h3,5,7-11,13-14,17,19H,2,4,6,12,21H2,1H3,(H,23,24). The zero-order chi connectivity index (χ0) is 16.9. The summed E-state index contributed by atoms with van der Waals surface area (Å²) in [5.74, 6) is 0.194. The lowest BCUT2D eigenvalue weighted by Gasteiger charge is -2.27. The first-order valence-corrected chi connectivity index (χ1v) is 8.70. The summed E-state index contributed by atoms with van der Waals surface area (Å²) < 4.78 is 0. The van der Waals surface area contributed by atoms with E-state index in [1.165, 1.54) is 0 Å². The van der Waals surface area contributed by atoms with Crippen molar-refractivity contribution in [2.45, 2.75) is 44.7 Å². The highest BCUT2D eigenvalue weighted by Gasteiger charge is 2.26. The average Bonchev–Trinajstić information content (AvgIpc) is 2.62. The molecule has 1 aliphatic carbocycles. The monoisotopic (exact) mass is 323 g/mol. The molecule has 0 saturated heterocycles. The van der Waals surface area contributed by atoms with Crippen molar-refractivity contribution in [2.24, 2.45) is 11.7 Å². The Morgan fingerprint density at radius 3 is 2.67 bits per heavy atom. The van der Waals surface area contributed by atoms with Gasteiger partial charge in [0, 0.05) is 24.4 Å². The topological polar surface area (TPSA) is 68.0 Å². The van der Waals surface area contributed by atoms with Gasteiger partial charge in [-0.25, -0.2) is 0 Å². The van der Waals surface area contributed by atoms with Crippen LogP contribution in [0, 0.1) is 5.92 Å². The number of pyridine rings is 1. The van der Waals surface area contributed by atoms with Crippen molar-refractivity contribution >= 4 is 5.91 Å².